The summed E-state index contributed by atoms with van der Waals surface area (Å²) in [4.78, 5) is 12.9. The second-order valence-electron chi connectivity index (χ2n) is 8.23. The van der Waals surface area contributed by atoms with Gasteiger partial charge in [-0.15, -0.1) is 0 Å². The van der Waals surface area contributed by atoms with Crippen LogP contribution >= 0.6 is 23.2 Å². The third-order valence-corrected chi connectivity index (χ3v) is 6.39. The molecule has 0 fully saturated rings. The zero-order chi connectivity index (χ0) is 26.5. The van der Waals surface area contributed by atoms with Crippen molar-refractivity contribution in [1.29, 1.82) is 5.26 Å². The van der Waals surface area contributed by atoms with E-state index in [9.17, 15) is 10.1 Å². The smallest absolute Gasteiger partial charge is 0.343 e. The molecule has 1 atom stereocenters. The Morgan fingerprint density at radius 2 is 1.84 bits per heavy atom. The Balaban J connectivity index is 1.62. The lowest BCUT2D eigenvalue weighted by atomic mass is 9.83. The lowest BCUT2D eigenvalue weighted by molar-refractivity contribution is 0.0734. The lowest BCUT2D eigenvalue weighted by Gasteiger charge is -2.27. The van der Waals surface area contributed by atoms with Crippen molar-refractivity contribution in [3.05, 3.63) is 92.8 Å². The van der Waals surface area contributed by atoms with Gasteiger partial charge in [-0.3, -0.25) is 0 Å². The van der Waals surface area contributed by atoms with Crippen LogP contribution in [0, 0.1) is 11.3 Å². The molecular formula is C28H24Cl2N2O5. The van der Waals surface area contributed by atoms with Gasteiger partial charge >= 0.3 is 5.97 Å². The van der Waals surface area contributed by atoms with Gasteiger partial charge in [-0.2, -0.15) is 5.26 Å². The normalized spacial score (nSPS) is 14.3. The van der Waals surface area contributed by atoms with E-state index in [2.05, 4.69) is 6.07 Å². The zero-order valence-corrected chi connectivity index (χ0v) is 21.7. The number of nitrogens with zero attached hydrogens (tertiary/aromatic N) is 1. The Labute approximate surface area is 224 Å². The molecule has 0 amide bonds. The van der Waals surface area contributed by atoms with Crippen LogP contribution in [0.3, 0.4) is 0 Å². The van der Waals surface area contributed by atoms with Crippen molar-refractivity contribution in [2.75, 3.05) is 13.7 Å². The zero-order valence-electron chi connectivity index (χ0n) is 20.2. The highest BCUT2D eigenvalue weighted by molar-refractivity contribution is 6.37. The van der Waals surface area contributed by atoms with Crippen LogP contribution in [0.1, 0.15) is 47.2 Å². The number of benzene rings is 3. The molecule has 1 heterocycles. The maximum Gasteiger partial charge on any atom is 0.343 e. The van der Waals surface area contributed by atoms with Gasteiger partial charge in [0.25, 0.3) is 0 Å². The van der Waals surface area contributed by atoms with E-state index in [0.29, 0.717) is 29.4 Å². The summed E-state index contributed by atoms with van der Waals surface area (Å²) < 4.78 is 22.4. The fourth-order valence-electron chi connectivity index (χ4n) is 4.02. The summed E-state index contributed by atoms with van der Waals surface area (Å²) in [6, 6.07) is 17.3. The summed E-state index contributed by atoms with van der Waals surface area (Å²) in [5.74, 6) is 0.279. The molecule has 9 heteroatoms. The van der Waals surface area contributed by atoms with Gasteiger partial charge in [0.2, 0.25) is 5.88 Å². The standard InChI is InChI=1S/C28H24Cl2N2O5/c1-3-4-11-35-26-21(29)12-16(13-22(26)30)28(33)36-17-9-10-19-24(14-17)37-27(32)20(15-31)25(19)18-7-5-6-8-23(18)34-2/h5-10,12-14,25H,3-4,11,32H2,1-2H3. The van der Waals surface area contributed by atoms with E-state index in [-0.39, 0.29) is 32.8 Å². The van der Waals surface area contributed by atoms with Gasteiger partial charge in [0, 0.05) is 17.2 Å². The number of esters is 1. The summed E-state index contributed by atoms with van der Waals surface area (Å²) >= 11 is 12.6. The molecule has 1 unspecified atom stereocenters. The van der Waals surface area contributed by atoms with Gasteiger partial charge in [0.15, 0.2) is 5.75 Å². The summed E-state index contributed by atoms with van der Waals surface area (Å²) in [6.07, 6.45) is 1.81. The fourth-order valence-corrected chi connectivity index (χ4v) is 4.62. The number of ether oxygens (including phenoxy) is 4. The molecule has 2 N–H and O–H groups in total. The first-order valence-corrected chi connectivity index (χ1v) is 12.3. The van der Waals surface area contributed by atoms with Crippen molar-refractivity contribution in [2.24, 2.45) is 5.73 Å². The Bertz CT molecular complexity index is 1390. The summed E-state index contributed by atoms with van der Waals surface area (Å²) in [5, 5.41) is 10.2. The van der Waals surface area contributed by atoms with Crippen LogP contribution < -0.4 is 24.7 Å². The highest BCUT2D eigenvalue weighted by Crippen LogP contribution is 2.46. The Kier molecular flexibility index (Phi) is 8.12. The molecule has 0 saturated heterocycles. The van der Waals surface area contributed by atoms with Crippen LogP contribution in [0.15, 0.2) is 66.1 Å². The molecule has 1 aliphatic heterocycles. The van der Waals surface area contributed by atoms with Crippen LogP contribution in [0.25, 0.3) is 0 Å². The number of carbonyl (C=O) groups is 1. The van der Waals surface area contributed by atoms with Crippen LogP contribution in [0.2, 0.25) is 10.0 Å². The third kappa shape index (κ3) is 5.46. The number of fused-ring (bicyclic) bond motifs is 1. The largest absolute Gasteiger partial charge is 0.496 e. The molecule has 37 heavy (non-hydrogen) atoms. The molecule has 3 aromatic carbocycles. The average molecular weight is 539 g/mol. The molecule has 7 nitrogen and oxygen atoms in total. The van der Waals surface area contributed by atoms with Crippen LogP contribution in [-0.4, -0.2) is 19.7 Å². The first kappa shape index (κ1) is 26.2. The molecule has 190 valence electrons. The van der Waals surface area contributed by atoms with Crippen LogP contribution in [-0.2, 0) is 0 Å². The van der Waals surface area contributed by atoms with E-state index in [1.54, 1.807) is 25.3 Å². The van der Waals surface area contributed by atoms with E-state index in [1.807, 2.05) is 31.2 Å². The minimum atomic E-state index is -0.665. The number of methoxy groups -OCH3 is 1. The minimum Gasteiger partial charge on any atom is -0.496 e. The number of hydrogen-bond acceptors (Lipinski definition) is 7. The summed E-state index contributed by atoms with van der Waals surface area (Å²) in [5.41, 5.74) is 7.95. The monoisotopic (exact) mass is 538 g/mol. The van der Waals surface area contributed by atoms with E-state index < -0.39 is 11.9 Å². The number of allylic oxidation sites excluding steroid dienone is 1. The predicted octanol–water partition coefficient (Wildman–Crippen LogP) is 6.62. The Morgan fingerprint density at radius 1 is 1.11 bits per heavy atom. The van der Waals surface area contributed by atoms with Gasteiger partial charge in [0.1, 0.15) is 28.9 Å². The molecule has 0 aromatic heterocycles. The molecule has 3 aromatic rings. The van der Waals surface area contributed by atoms with Crippen molar-refractivity contribution in [2.45, 2.75) is 25.7 Å². The second kappa shape index (κ2) is 11.5. The number of nitriles is 1. The Morgan fingerprint density at radius 3 is 2.51 bits per heavy atom. The van der Waals surface area contributed by atoms with E-state index in [0.717, 1.165) is 18.4 Å². The van der Waals surface area contributed by atoms with E-state index in [1.165, 1.54) is 12.1 Å². The van der Waals surface area contributed by atoms with Crippen LogP contribution in [0.4, 0.5) is 0 Å². The molecule has 4 rings (SSSR count). The maximum atomic E-state index is 12.9. The fraction of sp³-hybridized carbons (Fsp3) is 0.214. The summed E-state index contributed by atoms with van der Waals surface area (Å²) in [6.45, 7) is 2.51. The van der Waals surface area contributed by atoms with Gasteiger partial charge in [-0.05, 0) is 30.7 Å². The first-order chi connectivity index (χ1) is 17.9. The van der Waals surface area contributed by atoms with Crippen molar-refractivity contribution in [3.8, 4) is 29.1 Å². The molecule has 0 spiro atoms. The SMILES string of the molecule is CCCCOc1c(Cl)cc(C(=O)Oc2ccc3c(c2)OC(N)=C(C#N)C3c2ccccc2OC)cc1Cl. The predicted molar refractivity (Wildman–Crippen MR) is 141 cm³/mol. The Hall–Kier alpha value is -3.86. The average Bonchev–Trinajstić information content (AvgIpc) is 2.89. The number of unbranched alkanes of at least 4 members (excludes halogenated alkanes) is 1. The van der Waals surface area contributed by atoms with Crippen LogP contribution in [0.5, 0.6) is 23.0 Å². The van der Waals surface area contributed by atoms with E-state index >= 15 is 0 Å². The quantitative estimate of drug-likeness (QED) is 0.195. The van der Waals surface area contributed by atoms with Gasteiger partial charge in [0.05, 0.1) is 35.2 Å². The number of para-hydroxylation sites is 1. The molecule has 0 saturated carbocycles. The number of nitrogens with two attached hydrogens (primary N) is 1. The second-order valence-corrected chi connectivity index (χ2v) is 9.04. The topological polar surface area (TPSA) is 104 Å². The molecule has 0 radical (unpaired) electrons. The highest BCUT2D eigenvalue weighted by Gasteiger charge is 2.33. The number of carbonyl (C=O) groups excluding carboxylic acids is 1. The maximum absolute atomic E-state index is 12.9. The van der Waals surface area contributed by atoms with Gasteiger partial charge in [-0.1, -0.05) is 60.8 Å². The first-order valence-electron chi connectivity index (χ1n) is 11.6. The van der Waals surface area contributed by atoms with E-state index in [4.69, 9.17) is 47.9 Å². The molecule has 1 aliphatic rings. The third-order valence-electron chi connectivity index (χ3n) is 5.83. The molecular weight excluding hydrogens is 515 g/mol. The summed E-state index contributed by atoms with van der Waals surface area (Å²) in [7, 11) is 1.56. The van der Waals surface area contributed by atoms with Crippen molar-refractivity contribution in [3.63, 3.8) is 0 Å². The molecule has 0 bridgehead atoms. The molecule has 0 aliphatic carbocycles. The lowest BCUT2D eigenvalue weighted by Crippen LogP contribution is -2.21. The van der Waals surface area contributed by atoms with Gasteiger partial charge in [-0.25, -0.2) is 4.79 Å². The van der Waals surface area contributed by atoms with Crippen molar-refractivity contribution in [1.82, 2.24) is 0 Å². The number of hydrogen-bond donors (Lipinski definition) is 1. The highest BCUT2D eigenvalue weighted by atomic mass is 35.5. The van der Waals surface area contributed by atoms with Crippen molar-refractivity contribution >= 4 is 29.2 Å². The van der Waals surface area contributed by atoms with Crippen molar-refractivity contribution < 1.29 is 23.7 Å². The minimum absolute atomic E-state index is 0.0355. The number of rotatable bonds is 8. The number of halogens is 2. The van der Waals surface area contributed by atoms with Gasteiger partial charge < -0.3 is 24.7 Å².